The lowest BCUT2D eigenvalue weighted by molar-refractivity contribution is -0.116. The van der Waals surface area contributed by atoms with Gasteiger partial charge in [0.1, 0.15) is 11.6 Å². The van der Waals surface area contributed by atoms with Crippen molar-refractivity contribution in [3.63, 3.8) is 0 Å². The summed E-state index contributed by atoms with van der Waals surface area (Å²) in [7, 11) is 0. The summed E-state index contributed by atoms with van der Waals surface area (Å²) in [6, 6.07) is 6.01. The summed E-state index contributed by atoms with van der Waals surface area (Å²) < 4.78 is 26.3. The number of pyridine rings is 1. The Morgan fingerprint density at radius 3 is 2.57 bits per heavy atom. The zero-order chi connectivity index (χ0) is 15.2. The van der Waals surface area contributed by atoms with E-state index < -0.39 is 5.82 Å². The number of anilines is 1. The van der Waals surface area contributed by atoms with Crippen LogP contribution < -0.4 is 5.32 Å². The molecule has 0 saturated heterocycles. The number of carbonyl (C=O) groups excluding carboxylic acids is 1. The lowest BCUT2D eigenvalue weighted by atomic mass is 10.1. The predicted octanol–water partition coefficient (Wildman–Crippen LogP) is 3.49. The Hall–Kier alpha value is -2.30. The molecule has 1 aromatic heterocycles. The number of aromatic nitrogens is 1. The molecule has 1 heterocycles. The first kappa shape index (κ1) is 15.1. The minimum absolute atomic E-state index is 0.221. The molecule has 0 unspecified atom stereocenters. The SMILES string of the molecule is CCc1c(F)cncc1NC(=O)CCc1ccc(F)cc1. The third-order valence-corrected chi connectivity index (χ3v) is 3.19. The zero-order valence-corrected chi connectivity index (χ0v) is 11.7. The van der Waals surface area contributed by atoms with Crippen LogP contribution in [0.2, 0.25) is 0 Å². The van der Waals surface area contributed by atoms with Crippen molar-refractivity contribution >= 4 is 11.6 Å². The Balaban J connectivity index is 1.96. The fourth-order valence-electron chi connectivity index (χ4n) is 2.05. The summed E-state index contributed by atoms with van der Waals surface area (Å²) >= 11 is 0. The van der Waals surface area contributed by atoms with Crippen molar-refractivity contribution in [1.29, 1.82) is 0 Å². The van der Waals surface area contributed by atoms with E-state index >= 15 is 0 Å². The van der Waals surface area contributed by atoms with Gasteiger partial charge in [0.15, 0.2) is 0 Å². The van der Waals surface area contributed by atoms with E-state index in [2.05, 4.69) is 10.3 Å². The maximum atomic E-state index is 13.5. The van der Waals surface area contributed by atoms with E-state index in [1.165, 1.54) is 18.3 Å². The van der Waals surface area contributed by atoms with Crippen LogP contribution in [0.3, 0.4) is 0 Å². The minimum Gasteiger partial charge on any atom is -0.324 e. The highest BCUT2D eigenvalue weighted by Crippen LogP contribution is 2.18. The first-order chi connectivity index (χ1) is 10.1. The lowest BCUT2D eigenvalue weighted by Gasteiger charge is -2.10. The molecule has 0 atom stereocenters. The second-order valence-corrected chi connectivity index (χ2v) is 4.68. The van der Waals surface area contributed by atoms with Gasteiger partial charge in [0.25, 0.3) is 0 Å². The molecule has 0 radical (unpaired) electrons. The first-order valence-corrected chi connectivity index (χ1v) is 6.76. The quantitative estimate of drug-likeness (QED) is 0.915. The van der Waals surface area contributed by atoms with Gasteiger partial charge in [-0.05, 0) is 30.5 Å². The van der Waals surface area contributed by atoms with Crippen molar-refractivity contribution in [2.75, 3.05) is 5.32 Å². The van der Waals surface area contributed by atoms with Crippen LogP contribution in [0, 0.1) is 11.6 Å². The summed E-state index contributed by atoms with van der Waals surface area (Å²) in [5.41, 5.74) is 1.72. The van der Waals surface area contributed by atoms with Crippen LogP contribution in [-0.2, 0) is 17.6 Å². The number of rotatable bonds is 5. The molecular formula is C16H16F2N2O. The van der Waals surface area contributed by atoms with Gasteiger partial charge in [0, 0.05) is 12.0 Å². The molecule has 1 aromatic carbocycles. The van der Waals surface area contributed by atoms with Crippen molar-refractivity contribution in [2.45, 2.75) is 26.2 Å². The molecule has 2 rings (SSSR count). The van der Waals surface area contributed by atoms with Crippen LogP contribution in [0.25, 0.3) is 0 Å². The van der Waals surface area contributed by atoms with Crippen LogP contribution in [0.15, 0.2) is 36.7 Å². The molecule has 0 aliphatic rings. The monoisotopic (exact) mass is 290 g/mol. The summed E-state index contributed by atoms with van der Waals surface area (Å²) in [6.07, 6.45) is 3.79. The van der Waals surface area contributed by atoms with Gasteiger partial charge < -0.3 is 5.32 Å². The number of nitrogens with zero attached hydrogens (tertiary/aromatic N) is 1. The lowest BCUT2D eigenvalue weighted by Crippen LogP contribution is -2.14. The smallest absolute Gasteiger partial charge is 0.224 e. The van der Waals surface area contributed by atoms with Gasteiger partial charge >= 0.3 is 0 Å². The van der Waals surface area contributed by atoms with Crippen molar-refractivity contribution in [3.05, 3.63) is 59.4 Å². The number of amides is 1. The molecule has 0 aliphatic heterocycles. The molecule has 2 aromatic rings. The summed E-state index contributed by atoms with van der Waals surface area (Å²) in [5, 5.41) is 2.67. The number of halogens is 2. The molecule has 0 saturated carbocycles. The highest BCUT2D eigenvalue weighted by atomic mass is 19.1. The molecule has 0 aliphatic carbocycles. The number of hydrogen-bond acceptors (Lipinski definition) is 2. The van der Waals surface area contributed by atoms with Crippen LogP contribution >= 0.6 is 0 Å². The van der Waals surface area contributed by atoms with Crippen molar-refractivity contribution in [3.8, 4) is 0 Å². The predicted molar refractivity (Wildman–Crippen MR) is 76.9 cm³/mol. The number of aryl methyl sites for hydroxylation is 1. The van der Waals surface area contributed by atoms with Gasteiger partial charge in [-0.15, -0.1) is 0 Å². The van der Waals surface area contributed by atoms with Gasteiger partial charge in [-0.25, -0.2) is 8.78 Å². The minimum atomic E-state index is -0.422. The largest absolute Gasteiger partial charge is 0.324 e. The molecular weight excluding hydrogens is 274 g/mol. The Morgan fingerprint density at radius 1 is 1.19 bits per heavy atom. The van der Waals surface area contributed by atoms with Crippen molar-refractivity contribution < 1.29 is 13.6 Å². The first-order valence-electron chi connectivity index (χ1n) is 6.76. The normalized spacial score (nSPS) is 10.4. The maximum Gasteiger partial charge on any atom is 0.224 e. The number of hydrogen-bond donors (Lipinski definition) is 1. The third kappa shape index (κ3) is 4.08. The summed E-state index contributed by atoms with van der Waals surface area (Å²) in [4.78, 5) is 15.6. The summed E-state index contributed by atoms with van der Waals surface area (Å²) in [6.45, 7) is 1.81. The molecule has 1 N–H and O–H groups in total. The molecule has 5 heteroatoms. The van der Waals surface area contributed by atoms with Crippen molar-refractivity contribution in [1.82, 2.24) is 4.98 Å². The molecule has 3 nitrogen and oxygen atoms in total. The Kier molecular flexibility index (Phi) is 4.98. The number of carbonyl (C=O) groups is 1. The Labute approximate surface area is 122 Å². The maximum absolute atomic E-state index is 13.5. The topological polar surface area (TPSA) is 42.0 Å². The van der Waals surface area contributed by atoms with E-state index in [-0.39, 0.29) is 18.1 Å². The molecule has 0 fully saturated rings. The average Bonchev–Trinajstić information content (AvgIpc) is 2.47. The molecule has 0 spiro atoms. The van der Waals surface area contributed by atoms with E-state index in [0.29, 0.717) is 24.1 Å². The highest BCUT2D eigenvalue weighted by Gasteiger charge is 2.10. The Morgan fingerprint density at radius 2 is 1.90 bits per heavy atom. The van der Waals surface area contributed by atoms with Gasteiger partial charge in [-0.2, -0.15) is 0 Å². The standard InChI is InChI=1S/C16H16F2N2O/c1-2-13-14(18)9-19-10-15(13)20-16(21)8-5-11-3-6-12(17)7-4-11/h3-4,6-7,9-10H,2,5,8H2,1H3,(H,20,21). The molecule has 21 heavy (non-hydrogen) atoms. The van der Waals surface area contributed by atoms with Gasteiger partial charge in [0.2, 0.25) is 5.91 Å². The summed E-state index contributed by atoms with van der Waals surface area (Å²) in [5.74, 6) is -0.947. The van der Waals surface area contributed by atoms with E-state index in [0.717, 1.165) is 11.8 Å². The van der Waals surface area contributed by atoms with E-state index in [9.17, 15) is 13.6 Å². The second-order valence-electron chi connectivity index (χ2n) is 4.68. The molecule has 1 amide bonds. The fraction of sp³-hybridized carbons (Fsp3) is 0.250. The zero-order valence-electron chi connectivity index (χ0n) is 11.7. The van der Waals surface area contributed by atoms with Gasteiger partial charge in [-0.1, -0.05) is 19.1 Å². The average molecular weight is 290 g/mol. The fourth-order valence-corrected chi connectivity index (χ4v) is 2.05. The number of benzene rings is 1. The third-order valence-electron chi connectivity index (χ3n) is 3.19. The van der Waals surface area contributed by atoms with Crippen LogP contribution in [0.4, 0.5) is 14.5 Å². The van der Waals surface area contributed by atoms with Crippen LogP contribution in [-0.4, -0.2) is 10.9 Å². The van der Waals surface area contributed by atoms with E-state index in [1.54, 1.807) is 12.1 Å². The van der Waals surface area contributed by atoms with E-state index in [4.69, 9.17) is 0 Å². The van der Waals surface area contributed by atoms with Crippen LogP contribution in [0.1, 0.15) is 24.5 Å². The van der Waals surface area contributed by atoms with Crippen molar-refractivity contribution in [2.24, 2.45) is 0 Å². The van der Waals surface area contributed by atoms with Gasteiger partial charge in [0.05, 0.1) is 18.1 Å². The Bertz CT molecular complexity index is 627. The number of nitrogens with one attached hydrogen (secondary N) is 1. The second kappa shape index (κ2) is 6.92. The van der Waals surface area contributed by atoms with E-state index in [1.807, 2.05) is 6.92 Å². The van der Waals surface area contributed by atoms with Gasteiger partial charge in [-0.3, -0.25) is 9.78 Å². The molecule has 0 bridgehead atoms. The van der Waals surface area contributed by atoms with Crippen LogP contribution in [0.5, 0.6) is 0 Å². The molecule has 110 valence electrons. The highest BCUT2D eigenvalue weighted by molar-refractivity contribution is 5.91.